The van der Waals surface area contributed by atoms with E-state index in [1.165, 1.54) is 25.1 Å². The van der Waals surface area contributed by atoms with E-state index in [0.717, 1.165) is 16.9 Å². The molecule has 2 rings (SSSR count). The monoisotopic (exact) mass is 355 g/mol. The average Bonchev–Trinajstić information content (AvgIpc) is 2.63. The van der Waals surface area contributed by atoms with Crippen molar-refractivity contribution in [2.45, 2.75) is 12.2 Å². The quantitative estimate of drug-likeness (QED) is 0.343. The number of phenols is 1. The Labute approximate surface area is 151 Å². The Morgan fingerprint density at radius 1 is 1.28 bits per heavy atom. The van der Waals surface area contributed by atoms with Crippen molar-refractivity contribution in [2.24, 2.45) is 15.9 Å². The van der Waals surface area contributed by atoms with Crippen molar-refractivity contribution >= 4 is 23.1 Å². The average molecular weight is 355 g/mol. The maximum absolute atomic E-state index is 10.2. The Morgan fingerprint density at radius 2 is 2.04 bits per heavy atom. The number of phenolic OH excluding ortho intramolecular Hbond substituents is 1. The first-order valence-corrected chi connectivity index (χ1v) is 8.66. The molecule has 0 fully saturated rings. The van der Waals surface area contributed by atoms with Crippen molar-refractivity contribution in [1.29, 1.82) is 0 Å². The van der Waals surface area contributed by atoms with Crippen LogP contribution in [-0.4, -0.2) is 23.6 Å². The third kappa shape index (κ3) is 5.69. The van der Waals surface area contributed by atoms with Gasteiger partial charge in [0.2, 0.25) is 0 Å². The van der Waals surface area contributed by atoms with Gasteiger partial charge in [-0.1, -0.05) is 48.2 Å². The summed E-state index contributed by atoms with van der Waals surface area (Å²) in [4.78, 5) is 0. The van der Waals surface area contributed by atoms with Gasteiger partial charge in [0.15, 0.2) is 16.7 Å². The molecular weight excluding hydrogens is 334 g/mol. The lowest BCUT2D eigenvalue weighted by Crippen LogP contribution is -2.06. The van der Waals surface area contributed by atoms with Crippen LogP contribution in [0.2, 0.25) is 0 Å². The number of thioether (sulfide) groups is 1. The van der Waals surface area contributed by atoms with Crippen LogP contribution in [0.15, 0.2) is 65.3 Å². The first-order valence-electron chi connectivity index (χ1n) is 7.68. The number of methoxy groups -OCH3 is 1. The minimum atomic E-state index is 0.0183. The van der Waals surface area contributed by atoms with Gasteiger partial charge in [0, 0.05) is 11.3 Å². The van der Waals surface area contributed by atoms with Crippen LogP contribution in [0.5, 0.6) is 11.5 Å². The number of ether oxygens (including phenoxy) is 1. The van der Waals surface area contributed by atoms with E-state index < -0.39 is 0 Å². The van der Waals surface area contributed by atoms with Gasteiger partial charge in [-0.2, -0.15) is 5.10 Å². The number of hydrogen-bond donors (Lipinski definition) is 2. The Bertz CT molecular complexity index is 774. The molecule has 5 nitrogen and oxygen atoms in total. The molecule has 2 aromatic carbocycles. The molecule has 0 heterocycles. The summed E-state index contributed by atoms with van der Waals surface area (Å²) in [5.41, 5.74) is 8.49. The van der Waals surface area contributed by atoms with Crippen LogP contribution in [0.25, 0.3) is 0 Å². The summed E-state index contributed by atoms with van der Waals surface area (Å²) in [6.45, 7) is 3.72. The number of hydrogen-bond acceptors (Lipinski definition) is 5. The molecule has 3 N–H and O–H groups in total. The highest BCUT2D eigenvalue weighted by atomic mass is 32.2. The number of rotatable bonds is 7. The highest BCUT2D eigenvalue weighted by Crippen LogP contribution is 2.30. The molecule has 0 bridgehead atoms. The zero-order valence-corrected chi connectivity index (χ0v) is 14.9. The maximum Gasteiger partial charge on any atom is 0.180 e. The Kier molecular flexibility index (Phi) is 7.10. The van der Waals surface area contributed by atoms with Crippen molar-refractivity contribution in [3.63, 3.8) is 0 Å². The van der Waals surface area contributed by atoms with E-state index in [4.69, 9.17) is 10.5 Å². The maximum atomic E-state index is 10.2. The Hall–Kier alpha value is -2.73. The molecule has 0 unspecified atom stereocenters. The van der Waals surface area contributed by atoms with Gasteiger partial charge >= 0.3 is 0 Å². The van der Waals surface area contributed by atoms with Crippen molar-refractivity contribution in [3.8, 4) is 11.5 Å². The van der Waals surface area contributed by atoms with E-state index in [1.54, 1.807) is 12.1 Å². The molecule has 0 radical (unpaired) electrons. The minimum Gasteiger partial charge on any atom is -0.504 e. The molecule has 2 aromatic rings. The molecule has 130 valence electrons. The zero-order valence-electron chi connectivity index (χ0n) is 14.1. The van der Waals surface area contributed by atoms with Crippen molar-refractivity contribution in [1.82, 2.24) is 0 Å². The van der Waals surface area contributed by atoms with Gasteiger partial charge in [-0.05, 0) is 29.7 Å². The summed E-state index contributed by atoms with van der Waals surface area (Å²) in [6.07, 6.45) is 3.90. The number of amidine groups is 1. The molecule has 0 atom stereocenters. The number of nitrogens with two attached hydrogens (primary N) is 1. The van der Waals surface area contributed by atoms with Crippen molar-refractivity contribution in [3.05, 3.63) is 71.8 Å². The standard InChI is InChI=1S/C19H21N3O2S/c1-3-7-15-10-16(18(23)17(11-15)24-2)12-21-22-19(20)25-13-14-8-5-4-6-9-14/h3-6,8-12,23H,1,7,13H2,2H3,(H2,20,22). The second-order valence-corrected chi connectivity index (χ2v) is 6.18. The fourth-order valence-electron chi connectivity index (χ4n) is 2.14. The summed E-state index contributed by atoms with van der Waals surface area (Å²) in [7, 11) is 1.50. The lowest BCUT2D eigenvalue weighted by Gasteiger charge is -2.08. The molecule has 0 amide bonds. The number of allylic oxidation sites excluding steroid dienone is 1. The second-order valence-electron chi connectivity index (χ2n) is 5.19. The third-order valence-electron chi connectivity index (χ3n) is 3.35. The second kappa shape index (κ2) is 9.54. The fourth-order valence-corrected chi connectivity index (χ4v) is 2.75. The van der Waals surface area contributed by atoms with Crippen molar-refractivity contribution in [2.75, 3.05) is 7.11 Å². The zero-order chi connectivity index (χ0) is 18.1. The summed E-state index contributed by atoms with van der Waals surface area (Å²) >= 11 is 1.40. The van der Waals surface area contributed by atoms with Gasteiger partial charge in [-0.15, -0.1) is 11.7 Å². The van der Waals surface area contributed by atoms with Gasteiger partial charge in [-0.25, -0.2) is 0 Å². The lowest BCUT2D eigenvalue weighted by atomic mass is 10.1. The fraction of sp³-hybridized carbons (Fsp3) is 0.158. The molecule has 0 saturated heterocycles. The third-order valence-corrected chi connectivity index (χ3v) is 4.20. The van der Waals surface area contributed by atoms with Gasteiger partial charge in [-0.3, -0.25) is 0 Å². The molecule has 0 aliphatic heterocycles. The van der Waals surface area contributed by atoms with Crippen LogP contribution < -0.4 is 10.5 Å². The molecule has 0 spiro atoms. The van der Waals surface area contributed by atoms with Gasteiger partial charge in [0.05, 0.1) is 13.3 Å². The molecule has 25 heavy (non-hydrogen) atoms. The smallest absolute Gasteiger partial charge is 0.180 e. The molecule has 6 heteroatoms. The summed E-state index contributed by atoms with van der Waals surface area (Å²) in [6, 6.07) is 13.6. The summed E-state index contributed by atoms with van der Waals surface area (Å²) in [5.74, 6) is 1.13. The van der Waals surface area contributed by atoms with Gasteiger partial charge in [0.1, 0.15) is 0 Å². The van der Waals surface area contributed by atoms with Crippen LogP contribution >= 0.6 is 11.8 Å². The number of nitrogens with zero attached hydrogens (tertiary/aromatic N) is 2. The topological polar surface area (TPSA) is 80.2 Å². The first-order chi connectivity index (χ1) is 12.1. The largest absolute Gasteiger partial charge is 0.504 e. The number of benzene rings is 2. The van der Waals surface area contributed by atoms with Crippen molar-refractivity contribution < 1.29 is 9.84 Å². The first kappa shape index (κ1) is 18.6. The molecular formula is C19H21N3O2S. The molecule has 0 saturated carbocycles. The van der Waals surface area contributed by atoms with Crippen LogP contribution in [0, 0.1) is 0 Å². The predicted molar refractivity (Wildman–Crippen MR) is 106 cm³/mol. The van der Waals surface area contributed by atoms with Crippen LogP contribution in [-0.2, 0) is 12.2 Å². The Morgan fingerprint density at radius 3 is 2.72 bits per heavy atom. The van der Waals surface area contributed by atoms with E-state index in [0.29, 0.717) is 22.9 Å². The van der Waals surface area contributed by atoms with Gasteiger partial charge < -0.3 is 15.6 Å². The molecule has 0 aliphatic carbocycles. The van der Waals surface area contributed by atoms with E-state index in [9.17, 15) is 5.11 Å². The predicted octanol–water partition coefficient (Wildman–Crippen LogP) is 3.71. The van der Waals surface area contributed by atoms with E-state index >= 15 is 0 Å². The Balaban J connectivity index is 2.07. The normalized spacial score (nSPS) is 11.6. The molecule has 0 aliphatic rings. The summed E-state index contributed by atoms with van der Waals surface area (Å²) in [5, 5.41) is 18.5. The highest BCUT2D eigenvalue weighted by molar-refractivity contribution is 8.13. The van der Waals surface area contributed by atoms with E-state index in [-0.39, 0.29) is 5.75 Å². The highest BCUT2D eigenvalue weighted by Gasteiger charge is 2.08. The lowest BCUT2D eigenvalue weighted by molar-refractivity contribution is 0.372. The number of aromatic hydroxyl groups is 1. The van der Waals surface area contributed by atoms with E-state index in [2.05, 4.69) is 16.8 Å². The van der Waals surface area contributed by atoms with Crippen LogP contribution in [0.4, 0.5) is 0 Å². The van der Waals surface area contributed by atoms with Crippen LogP contribution in [0.1, 0.15) is 16.7 Å². The molecule has 0 aromatic heterocycles. The van der Waals surface area contributed by atoms with E-state index in [1.807, 2.05) is 36.4 Å². The minimum absolute atomic E-state index is 0.0183. The van der Waals surface area contributed by atoms with Crippen LogP contribution in [0.3, 0.4) is 0 Å². The SMILES string of the molecule is C=CCc1cc(C=NN=C(N)SCc2ccccc2)c(O)c(OC)c1. The summed E-state index contributed by atoms with van der Waals surface area (Å²) < 4.78 is 5.18. The van der Waals surface area contributed by atoms with Gasteiger partial charge in [0.25, 0.3) is 0 Å².